The van der Waals surface area contributed by atoms with Gasteiger partial charge in [-0.2, -0.15) is 20.1 Å². The average Bonchev–Trinajstić information content (AvgIpc) is 2.72. The van der Waals surface area contributed by atoms with Gasteiger partial charge in [-0.3, -0.25) is 4.68 Å². The summed E-state index contributed by atoms with van der Waals surface area (Å²) in [5.74, 6) is 0.858. The van der Waals surface area contributed by atoms with Gasteiger partial charge in [0, 0.05) is 32.4 Å². The topological polar surface area (TPSA) is 80.5 Å². The minimum Gasteiger partial charge on any atom is -0.357 e. The second kappa shape index (κ2) is 4.96. The lowest BCUT2D eigenvalue weighted by atomic mass is 10.4. The number of nitrogens with one attached hydrogen (secondary N) is 2. The molecule has 0 aliphatic rings. The van der Waals surface area contributed by atoms with Crippen LogP contribution in [0.15, 0.2) is 12.4 Å². The van der Waals surface area contributed by atoms with Gasteiger partial charge < -0.3 is 10.6 Å². The van der Waals surface area contributed by atoms with Crippen molar-refractivity contribution in [2.45, 2.75) is 6.54 Å². The third-order valence-electron chi connectivity index (χ3n) is 2.04. The fourth-order valence-corrected chi connectivity index (χ4v) is 1.45. The first-order valence-corrected chi connectivity index (χ1v) is 5.36. The molecule has 2 aromatic heterocycles. The van der Waals surface area contributed by atoms with Crippen LogP contribution in [0.4, 0.5) is 11.9 Å². The van der Waals surface area contributed by atoms with Crippen LogP contribution in [0.3, 0.4) is 0 Å². The van der Waals surface area contributed by atoms with E-state index in [1.54, 1.807) is 17.9 Å². The molecule has 0 aliphatic heterocycles. The highest BCUT2D eigenvalue weighted by molar-refractivity contribution is 6.28. The molecule has 2 N–H and O–H groups in total. The average molecular weight is 254 g/mol. The van der Waals surface area contributed by atoms with E-state index < -0.39 is 0 Å². The quantitative estimate of drug-likeness (QED) is 0.843. The first-order valence-electron chi connectivity index (χ1n) is 4.98. The monoisotopic (exact) mass is 253 g/mol. The third kappa shape index (κ3) is 3.04. The Hall–Kier alpha value is -1.89. The summed E-state index contributed by atoms with van der Waals surface area (Å²) in [4.78, 5) is 12.0. The van der Waals surface area contributed by atoms with Gasteiger partial charge in [0.2, 0.25) is 17.2 Å². The first kappa shape index (κ1) is 11.6. The summed E-state index contributed by atoms with van der Waals surface area (Å²) in [5.41, 5.74) is 1.04. The van der Waals surface area contributed by atoms with Gasteiger partial charge in [0.25, 0.3) is 0 Å². The number of anilines is 2. The van der Waals surface area contributed by atoms with E-state index in [-0.39, 0.29) is 5.28 Å². The summed E-state index contributed by atoms with van der Waals surface area (Å²) in [6, 6.07) is 0. The molecule has 0 saturated carbocycles. The van der Waals surface area contributed by atoms with Crippen molar-refractivity contribution < 1.29 is 0 Å². The lowest BCUT2D eigenvalue weighted by Gasteiger charge is -2.04. The summed E-state index contributed by atoms with van der Waals surface area (Å²) in [6.07, 6.45) is 3.68. The number of rotatable bonds is 4. The maximum atomic E-state index is 5.76. The van der Waals surface area contributed by atoms with Crippen LogP contribution < -0.4 is 10.6 Å². The van der Waals surface area contributed by atoms with Crippen LogP contribution in [0.25, 0.3) is 0 Å². The highest BCUT2D eigenvalue weighted by Gasteiger charge is 2.03. The van der Waals surface area contributed by atoms with Crippen molar-refractivity contribution in [2.24, 2.45) is 7.05 Å². The first-order chi connectivity index (χ1) is 8.17. The minimum atomic E-state index is 0.151. The van der Waals surface area contributed by atoms with E-state index in [9.17, 15) is 0 Å². The zero-order valence-corrected chi connectivity index (χ0v) is 10.2. The standard InChI is InChI=1S/C9H12ClN7/c1-11-8-14-7(10)15-9(16-8)12-3-6-4-13-17(2)5-6/h4-5H,3H2,1-2H3,(H2,11,12,14,15,16). The summed E-state index contributed by atoms with van der Waals surface area (Å²) in [6.45, 7) is 0.581. The van der Waals surface area contributed by atoms with Crippen molar-refractivity contribution >= 4 is 23.5 Å². The van der Waals surface area contributed by atoms with E-state index in [2.05, 4.69) is 30.7 Å². The molecule has 0 atom stereocenters. The molecule has 2 rings (SSSR count). The van der Waals surface area contributed by atoms with Gasteiger partial charge in [0.05, 0.1) is 6.20 Å². The Morgan fingerprint density at radius 1 is 1.29 bits per heavy atom. The van der Waals surface area contributed by atoms with Crippen LogP contribution in [0.5, 0.6) is 0 Å². The van der Waals surface area contributed by atoms with Gasteiger partial charge >= 0.3 is 0 Å². The van der Waals surface area contributed by atoms with Gasteiger partial charge in [-0.25, -0.2) is 0 Å². The molecule has 2 aromatic rings. The molecule has 0 bridgehead atoms. The fraction of sp³-hybridized carbons (Fsp3) is 0.333. The Kier molecular flexibility index (Phi) is 3.38. The van der Waals surface area contributed by atoms with Crippen molar-refractivity contribution in [3.63, 3.8) is 0 Å². The molecule has 0 aliphatic carbocycles. The van der Waals surface area contributed by atoms with E-state index >= 15 is 0 Å². The Labute approximate surface area is 103 Å². The summed E-state index contributed by atoms with van der Waals surface area (Å²) >= 11 is 5.76. The van der Waals surface area contributed by atoms with Crippen molar-refractivity contribution in [3.8, 4) is 0 Å². The molecular weight excluding hydrogens is 242 g/mol. The van der Waals surface area contributed by atoms with Crippen LogP contribution in [0, 0.1) is 0 Å². The number of hydrogen-bond acceptors (Lipinski definition) is 6. The summed E-state index contributed by atoms with van der Waals surface area (Å²) in [7, 11) is 3.58. The Balaban J connectivity index is 2.05. The van der Waals surface area contributed by atoms with E-state index in [1.165, 1.54) is 0 Å². The molecule has 2 heterocycles. The number of nitrogens with zero attached hydrogens (tertiary/aromatic N) is 5. The molecular formula is C9H12ClN7. The zero-order valence-electron chi connectivity index (χ0n) is 9.48. The van der Waals surface area contributed by atoms with Gasteiger partial charge in [-0.05, 0) is 11.6 Å². The second-order valence-electron chi connectivity index (χ2n) is 3.38. The molecule has 0 saturated heterocycles. The molecule has 90 valence electrons. The predicted molar refractivity (Wildman–Crippen MR) is 64.9 cm³/mol. The van der Waals surface area contributed by atoms with Gasteiger partial charge in [0.15, 0.2) is 0 Å². The van der Waals surface area contributed by atoms with E-state index in [0.717, 1.165) is 5.56 Å². The van der Waals surface area contributed by atoms with Crippen molar-refractivity contribution in [2.75, 3.05) is 17.7 Å². The Morgan fingerprint density at radius 2 is 2.06 bits per heavy atom. The maximum Gasteiger partial charge on any atom is 0.229 e. The molecule has 0 amide bonds. The highest BCUT2D eigenvalue weighted by Crippen LogP contribution is 2.09. The van der Waals surface area contributed by atoms with Crippen molar-refractivity contribution in [3.05, 3.63) is 23.2 Å². The van der Waals surface area contributed by atoms with Crippen LogP contribution in [-0.2, 0) is 13.6 Å². The third-order valence-corrected chi connectivity index (χ3v) is 2.21. The van der Waals surface area contributed by atoms with Gasteiger partial charge in [0.1, 0.15) is 0 Å². The minimum absolute atomic E-state index is 0.151. The molecule has 0 spiro atoms. The van der Waals surface area contributed by atoms with Crippen LogP contribution in [-0.4, -0.2) is 31.8 Å². The molecule has 8 heteroatoms. The van der Waals surface area contributed by atoms with E-state index in [4.69, 9.17) is 11.6 Å². The maximum absolute atomic E-state index is 5.76. The van der Waals surface area contributed by atoms with E-state index in [1.807, 2.05) is 13.2 Å². The molecule has 0 unspecified atom stereocenters. The Bertz CT molecular complexity index is 510. The molecule has 17 heavy (non-hydrogen) atoms. The predicted octanol–water partition coefficient (Wildman–Crippen LogP) is 0.912. The molecule has 0 radical (unpaired) electrons. The lowest BCUT2D eigenvalue weighted by Crippen LogP contribution is -2.06. The Morgan fingerprint density at radius 3 is 2.71 bits per heavy atom. The summed E-state index contributed by atoms with van der Waals surface area (Å²) in [5, 5.41) is 10.1. The second-order valence-corrected chi connectivity index (χ2v) is 3.72. The largest absolute Gasteiger partial charge is 0.357 e. The molecule has 0 fully saturated rings. The molecule has 0 aromatic carbocycles. The number of aryl methyl sites for hydroxylation is 1. The lowest BCUT2D eigenvalue weighted by molar-refractivity contribution is 0.767. The zero-order chi connectivity index (χ0) is 12.3. The van der Waals surface area contributed by atoms with Gasteiger partial charge in [-0.15, -0.1) is 0 Å². The SMILES string of the molecule is CNc1nc(Cl)nc(NCc2cnn(C)c2)n1. The van der Waals surface area contributed by atoms with Crippen molar-refractivity contribution in [1.82, 2.24) is 24.7 Å². The smallest absolute Gasteiger partial charge is 0.229 e. The number of halogens is 1. The normalized spacial score (nSPS) is 10.3. The highest BCUT2D eigenvalue weighted by atomic mass is 35.5. The number of aromatic nitrogens is 5. The van der Waals surface area contributed by atoms with E-state index in [0.29, 0.717) is 18.4 Å². The summed E-state index contributed by atoms with van der Waals surface area (Å²) < 4.78 is 1.73. The van der Waals surface area contributed by atoms with Crippen molar-refractivity contribution in [1.29, 1.82) is 0 Å². The number of hydrogen-bond donors (Lipinski definition) is 2. The van der Waals surface area contributed by atoms with Gasteiger partial charge in [-0.1, -0.05) is 0 Å². The molecule has 7 nitrogen and oxygen atoms in total. The van der Waals surface area contributed by atoms with Crippen LogP contribution in [0.2, 0.25) is 5.28 Å². The van der Waals surface area contributed by atoms with Crippen LogP contribution >= 0.6 is 11.6 Å². The fourth-order valence-electron chi connectivity index (χ4n) is 1.29. The van der Waals surface area contributed by atoms with Crippen LogP contribution in [0.1, 0.15) is 5.56 Å².